The van der Waals surface area contributed by atoms with Gasteiger partial charge in [0.1, 0.15) is 5.92 Å². The molecule has 2 saturated heterocycles. The van der Waals surface area contributed by atoms with Gasteiger partial charge in [-0.15, -0.1) is 0 Å². The van der Waals surface area contributed by atoms with Crippen molar-refractivity contribution in [3.63, 3.8) is 0 Å². The first-order valence-electron chi connectivity index (χ1n) is 5.62. The van der Waals surface area contributed by atoms with E-state index in [-0.39, 0.29) is 36.9 Å². The van der Waals surface area contributed by atoms with Crippen LogP contribution >= 0.6 is 0 Å². The van der Waals surface area contributed by atoms with Gasteiger partial charge in [-0.05, 0) is 0 Å². The molecule has 0 spiro atoms. The van der Waals surface area contributed by atoms with Crippen LogP contribution in [0.25, 0.3) is 0 Å². The first kappa shape index (κ1) is 12.0. The average Bonchev–Trinajstić information content (AvgIpc) is 2.81. The van der Waals surface area contributed by atoms with Crippen LogP contribution in [0, 0.1) is 17.8 Å². The summed E-state index contributed by atoms with van der Waals surface area (Å²) in [6, 6.07) is -0.653. The molecule has 4 atom stereocenters. The monoisotopic (exact) mass is 241 g/mol. The van der Waals surface area contributed by atoms with Gasteiger partial charge in [0.05, 0.1) is 19.3 Å². The molecule has 2 heterocycles. The highest BCUT2D eigenvalue weighted by molar-refractivity contribution is 6.05. The molecule has 6 nitrogen and oxygen atoms in total. The first-order chi connectivity index (χ1) is 7.95. The van der Waals surface area contributed by atoms with Crippen LogP contribution in [0.5, 0.6) is 0 Å². The number of hydrogen-bond acceptors (Lipinski definition) is 4. The zero-order chi connectivity index (χ0) is 12.7. The molecule has 0 aromatic carbocycles. The summed E-state index contributed by atoms with van der Waals surface area (Å²) < 4.78 is 5.08. The van der Waals surface area contributed by atoms with Gasteiger partial charge in [0, 0.05) is 11.8 Å². The van der Waals surface area contributed by atoms with Crippen molar-refractivity contribution < 1.29 is 24.2 Å². The molecule has 2 rings (SSSR count). The lowest BCUT2D eigenvalue weighted by molar-refractivity contribution is -0.148. The maximum atomic E-state index is 11.9. The summed E-state index contributed by atoms with van der Waals surface area (Å²) in [6.45, 7) is 3.56. The zero-order valence-electron chi connectivity index (χ0n) is 9.75. The third-order valence-corrected chi connectivity index (χ3v) is 3.70. The maximum absolute atomic E-state index is 11.9. The van der Waals surface area contributed by atoms with E-state index in [1.165, 1.54) is 0 Å². The van der Waals surface area contributed by atoms with Gasteiger partial charge in [-0.2, -0.15) is 0 Å². The molecule has 17 heavy (non-hydrogen) atoms. The van der Waals surface area contributed by atoms with Gasteiger partial charge in [0.25, 0.3) is 0 Å². The molecule has 6 heteroatoms. The molecule has 1 N–H and O–H groups in total. The molecular formula is C11H15NO5. The lowest BCUT2D eigenvalue weighted by atomic mass is 10.00. The van der Waals surface area contributed by atoms with Crippen LogP contribution < -0.4 is 0 Å². The van der Waals surface area contributed by atoms with E-state index in [1.54, 1.807) is 13.8 Å². The average molecular weight is 241 g/mol. The number of carboxylic acid groups (broad SMARTS) is 1. The van der Waals surface area contributed by atoms with Gasteiger partial charge in [-0.3, -0.25) is 19.3 Å². The molecule has 0 radical (unpaired) electrons. The highest BCUT2D eigenvalue weighted by atomic mass is 16.5. The maximum Gasteiger partial charge on any atom is 0.311 e. The summed E-state index contributed by atoms with van der Waals surface area (Å²) in [4.78, 5) is 36.0. The minimum Gasteiger partial charge on any atom is -0.481 e. The number of amides is 2. The zero-order valence-corrected chi connectivity index (χ0v) is 9.75. The summed E-state index contributed by atoms with van der Waals surface area (Å²) in [5.41, 5.74) is 0. The van der Waals surface area contributed by atoms with E-state index >= 15 is 0 Å². The molecule has 4 unspecified atom stereocenters. The van der Waals surface area contributed by atoms with Crippen molar-refractivity contribution in [1.29, 1.82) is 0 Å². The lowest BCUT2D eigenvalue weighted by Crippen LogP contribution is -2.46. The van der Waals surface area contributed by atoms with Crippen molar-refractivity contribution in [2.24, 2.45) is 17.8 Å². The molecule has 94 valence electrons. The Morgan fingerprint density at radius 3 is 2.24 bits per heavy atom. The topological polar surface area (TPSA) is 83.9 Å². The number of nitrogens with zero attached hydrogens (tertiary/aromatic N) is 1. The molecule has 2 fully saturated rings. The standard InChI is InChI=1S/C11H15NO5/c1-5-6(2)10(14)12(9(5)13)8-4-17-3-7(8)11(15)16/h5-8H,3-4H2,1-2H3,(H,15,16). The number of carboxylic acids is 1. The highest BCUT2D eigenvalue weighted by Gasteiger charge is 2.50. The Bertz CT molecular complexity index is 360. The molecule has 0 aromatic rings. The minimum atomic E-state index is -1.03. The SMILES string of the molecule is CC1C(=O)N(C2COCC2C(=O)O)C(=O)C1C. The van der Waals surface area contributed by atoms with Gasteiger partial charge in [-0.25, -0.2) is 0 Å². The predicted molar refractivity (Wildman–Crippen MR) is 55.9 cm³/mol. The van der Waals surface area contributed by atoms with Crippen molar-refractivity contribution in [2.45, 2.75) is 19.9 Å². The summed E-state index contributed by atoms with van der Waals surface area (Å²) in [5, 5.41) is 9.02. The van der Waals surface area contributed by atoms with Crippen LogP contribution in [0.15, 0.2) is 0 Å². The number of carbonyl (C=O) groups excluding carboxylic acids is 2. The van der Waals surface area contributed by atoms with Crippen LogP contribution in [-0.2, 0) is 19.1 Å². The van der Waals surface area contributed by atoms with E-state index < -0.39 is 17.9 Å². The van der Waals surface area contributed by atoms with Crippen LogP contribution in [0.3, 0.4) is 0 Å². The van der Waals surface area contributed by atoms with Gasteiger partial charge in [0.2, 0.25) is 11.8 Å². The van der Waals surface area contributed by atoms with E-state index in [9.17, 15) is 14.4 Å². The molecule has 0 aliphatic carbocycles. The summed E-state index contributed by atoms with van der Waals surface area (Å²) >= 11 is 0. The van der Waals surface area contributed by atoms with Crippen molar-refractivity contribution >= 4 is 17.8 Å². The Balaban J connectivity index is 2.25. The number of likely N-dealkylation sites (tertiary alicyclic amines) is 1. The number of ether oxygens (including phenoxy) is 1. The Labute approximate surface area is 98.5 Å². The molecule has 0 bridgehead atoms. The second-order valence-electron chi connectivity index (χ2n) is 4.67. The third kappa shape index (κ3) is 1.72. The first-order valence-corrected chi connectivity index (χ1v) is 5.62. The van der Waals surface area contributed by atoms with E-state index in [0.717, 1.165) is 4.90 Å². The number of rotatable bonds is 2. The molecule has 2 aliphatic rings. The Hall–Kier alpha value is -1.43. The Morgan fingerprint density at radius 2 is 1.76 bits per heavy atom. The predicted octanol–water partition coefficient (Wildman–Crippen LogP) is -0.273. The number of carbonyl (C=O) groups is 3. The summed E-state index contributed by atoms with van der Waals surface area (Å²) in [5.74, 6) is -3.16. The molecule has 2 amide bonds. The van der Waals surface area contributed by atoms with E-state index in [4.69, 9.17) is 9.84 Å². The third-order valence-electron chi connectivity index (χ3n) is 3.70. The van der Waals surface area contributed by atoms with Crippen LogP contribution in [-0.4, -0.2) is 47.0 Å². The Morgan fingerprint density at radius 1 is 1.24 bits per heavy atom. The van der Waals surface area contributed by atoms with Crippen molar-refractivity contribution in [3.05, 3.63) is 0 Å². The summed E-state index contributed by atoms with van der Waals surface area (Å²) in [7, 11) is 0. The second kappa shape index (κ2) is 4.10. The van der Waals surface area contributed by atoms with Crippen molar-refractivity contribution in [3.8, 4) is 0 Å². The molecule has 2 aliphatic heterocycles. The summed E-state index contributed by atoms with van der Waals surface area (Å²) in [6.07, 6.45) is 0. The van der Waals surface area contributed by atoms with Gasteiger partial charge in [-0.1, -0.05) is 13.8 Å². The highest BCUT2D eigenvalue weighted by Crippen LogP contribution is 2.31. The smallest absolute Gasteiger partial charge is 0.311 e. The van der Waals surface area contributed by atoms with Crippen LogP contribution in [0.2, 0.25) is 0 Å². The van der Waals surface area contributed by atoms with E-state index in [0.29, 0.717) is 0 Å². The second-order valence-corrected chi connectivity index (χ2v) is 4.67. The quantitative estimate of drug-likeness (QED) is 0.672. The molecule has 0 saturated carbocycles. The number of aliphatic carboxylic acids is 1. The van der Waals surface area contributed by atoms with Crippen LogP contribution in [0.1, 0.15) is 13.8 Å². The lowest BCUT2D eigenvalue weighted by Gasteiger charge is -2.24. The fourth-order valence-corrected chi connectivity index (χ4v) is 2.34. The van der Waals surface area contributed by atoms with Crippen molar-refractivity contribution in [2.75, 3.05) is 13.2 Å². The van der Waals surface area contributed by atoms with E-state index in [1.807, 2.05) is 0 Å². The van der Waals surface area contributed by atoms with Gasteiger partial charge < -0.3 is 9.84 Å². The number of hydrogen-bond donors (Lipinski definition) is 1. The molecule has 0 aromatic heterocycles. The Kier molecular flexibility index (Phi) is 2.91. The van der Waals surface area contributed by atoms with Crippen LogP contribution in [0.4, 0.5) is 0 Å². The fourth-order valence-electron chi connectivity index (χ4n) is 2.34. The largest absolute Gasteiger partial charge is 0.481 e. The van der Waals surface area contributed by atoms with Gasteiger partial charge in [0.15, 0.2) is 0 Å². The normalized spacial score (nSPS) is 37.9. The number of imide groups is 1. The van der Waals surface area contributed by atoms with E-state index in [2.05, 4.69) is 0 Å². The fraction of sp³-hybridized carbons (Fsp3) is 0.727. The minimum absolute atomic E-state index is 0.0554. The van der Waals surface area contributed by atoms with Crippen molar-refractivity contribution in [1.82, 2.24) is 4.90 Å². The van der Waals surface area contributed by atoms with Gasteiger partial charge >= 0.3 is 5.97 Å². The molecular weight excluding hydrogens is 226 g/mol.